The van der Waals surface area contributed by atoms with Gasteiger partial charge in [-0.1, -0.05) is 54.6 Å². The third kappa shape index (κ3) is 3.35. The highest BCUT2D eigenvalue weighted by Gasteiger charge is 2.15. The number of carbonyl (C=O) groups is 1. The Kier molecular flexibility index (Phi) is 4.48. The molecule has 0 aliphatic heterocycles. The second-order valence-electron chi connectivity index (χ2n) is 6.31. The normalized spacial score (nSPS) is 12.3. The molecular formula is C21H18N2O4. The fourth-order valence-electron chi connectivity index (χ4n) is 3.22. The predicted octanol–water partition coefficient (Wildman–Crippen LogP) is 2.60. The second-order valence-corrected chi connectivity index (χ2v) is 6.31. The zero-order chi connectivity index (χ0) is 18.8. The Hall–Kier alpha value is -3.38. The summed E-state index contributed by atoms with van der Waals surface area (Å²) in [5.41, 5.74) is 1.75. The van der Waals surface area contributed by atoms with Crippen molar-refractivity contribution in [2.75, 3.05) is 6.54 Å². The minimum Gasteiger partial charge on any atom is -0.408 e. The van der Waals surface area contributed by atoms with Gasteiger partial charge in [0.15, 0.2) is 5.58 Å². The zero-order valence-corrected chi connectivity index (χ0v) is 14.5. The fourth-order valence-corrected chi connectivity index (χ4v) is 3.22. The number of benzene rings is 3. The van der Waals surface area contributed by atoms with Crippen LogP contribution in [0.5, 0.6) is 0 Å². The van der Waals surface area contributed by atoms with Gasteiger partial charge in [0.1, 0.15) is 6.54 Å². The van der Waals surface area contributed by atoms with Gasteiger partial charge >= 0.3 is 5.76 Å². The summed E-state index contributed by atoms with van der Waals surface area (Å²) >= 11 is 0. The van der Waals surface area contributed by atoms with Gasteiger partial charge in [-0.2, -0.15) is 0 Å². The molecule has 0 aliphatic carbocycles. The average Bonchev–Trinajstić information content (AvgIpc) is 3.01. The van der Waals surface area contributed by atoms with Crippen LogP contribution in [-0.4, -0.2) is 22.1 Å². The van der Waals surface area contributed by atoms with Crippen LogP contribution in [0.15, 0.2) is 75.9 Å². The molecule has 4 rings (SSSR count). The fraction of sp³-hybridized carbons (Fsp3) is 0.143. The van der Waals surface area contributed by atoms with Gasteiger partial charge < -0.3 is 14.8 Å². The lowest BCUT2D eigenvalue weighted by Gasteiger charge is -2.15. The maximum Gasteiger partial charge on any atom is 0.420 e. The van der Waals surface area contributed by atoms with Crippen molar-refractivity contribution >= 4 is 27.8 Å². The first-order valence-corrected chi connectivity index (χ1v) is 8.64. The zero-order valence-electron chi connectivity index (χ0n) is 14.5. The van der Waals surface area contributed by atoms with Crippen molar-refractivity contribution < 1.29 is 14.3 Å². The molecule has 0 radical (unpaired) electrons. The molecular weight excluding hydrogens is 344 g/mol. The van der Waals surface area contributed by atoms with Crippen LogP contribution in [0.3, 0.4) is 0 Å². The average molecular weight is 362 g/mol. The number of aliphatic hydroxyl groups excluding tert-OH is 1. The van der Waals surface area contributed by atoms with Crippen molar-refractivity contribution in [3.63, 3.8) is 0 Å². The standard InChI is InChI=1S/C21H18N2O4/c24-18(16-9-5-7-14-6-1-2-8-15(14)16)12-22-20(25)13-23-17-10-3-4-11-19(17)27-21(23)26/h1-11,18,24H,12-13H2,(H,22,25). The summed E-state index contributed by atoms with van der Waals surface area (Å²) in [7, 11) is 0. The molecule has 0 saturated heterocycles. The Morgan fingerprint density at radius 3 is 2.67 bits per heavy atom. The van der Waals surface area contributed by atoms with Crippen LogP contribution in [-0.2, 0) is 11.3 Å². The summed E-state index contributed by atoms with van der Waals surface area (Å²) in [4.78, 5) is 24.2. The van der Waals surface area contributed by atoms with E-state index in [0.717, 1.165) is 16.3 Å². The monoisotopic (exact) mass is 362 g/mol. The second kappa shape index (κ2) is 7.09. The Morgan fingerprint density at radius 2 is 1.78 bits per heavy atom. The van der Waals surface area contributed by atoms with Gasteiger partial charge in [-0.3, -0.25) is 9.36 Å². The van der Waals surface area contributed by atoms with Crippen molar-refractivity contribution in [2.45, 2.75) is 12.6 Å². The SMILES string of the molecule is O=C(Cn1c(=O)oc2ccccc21)NCC(O)c1cccc2ccccc12. The number of carbonyl (C=O) groups excluding carboxylic acids is 1. The van der Waals surface area contributed by atoms with E-state index >= 15 is 0 Å². The third-order valence-corrected chi connectivity index (χ3v) is 4.55. The van der Waals surface area contributed by atoms with E-state index in [1.807, 2.05) is 42.5 Å². The largest absolute Gasteiger partial charge is 0.420 e. The summed E-state index contributed by atoms with van der Waals surface area (Å²) in [5.74, 6) is -0.955. The Bertz CT molecular complexity index is 1170. The highest BCUT2D eigenvalue weighted by molar-refractivity contribution is 5.86. The van der Waals surface area contributed by atoms with Crippen LogP contribution >= 0.6 is 0 Å². The molecule has 0 bridgehead atoms. The number of nitrogens with zero attached hydrogens (tertiary/aromatic N) is 1. The van der Waals surface area contributed by atoms with Gasteiger partial charge in [0.2, 0.25) is 5.91 Å². The molecule has 136 valence electrons. The molecule has 6 nitrogen and oxygen atoms in total. The number of nitrogens with one attached hydrogen (secondary N) is 1. The van der Waals surface area contributed by atoms with Gasteiger partial charge in [-0.05, 0) is 28.5 Å². The van der Waals surface area contributed by atoms with E-state index in [4.69, 9.17) is 4.42 Å². The van der Waals surface area contributed by atoms with Crippen LogP contribution in [0, 0.1) is 0 Å². The molecule has 6 heteroatoms. The number of amides is 1. The van der Waals surface area contributed by atoms with E-state index in [-0.39, 0.29) is 19.0 Å². The number of aromatic nitrogens is 1. The number of rotatable bonds is 5. The Morgan fingerprint density at radius 1 is 1.04 bits per heavy atom. The molecule has 0 fully saturated rings. The Labute approximate surface area is 154 Å². The smallest absolute Gasteiger partial charge is 0.408 e. The lowest BCUT2D eigenvalue weighted by molar-refractivity contribution is -0.122. The quantitative estimate of drug-likeness (QED) is 0.572. The van der Waals surface area contributed by atoms with Gasteiger partial charge in [0.05, 0.1) is 11.6 Å². The van der Waals surface area contributed by atoms with Crippen molar-refractivity contribution in [1.82, 2.24) is 9.88 Å². The third-order valence-electron chi connectivity index (χ3n) is 4.55. The summed E-state index contributed by atoms with van der Waals surface area (Å²) in [5, 5.41) is 15.2. The summed E-state index contributed by atoms with van der Waals surface area (Å²) in [6.07, 6.45) is -0.849. The number of para-hydroxylation sites is 2. The molecule has 0 aliphatic rings. The van der Waals surface area contributed by atoms with E-state index in [2.05, 4.69) is 5.32 Å². The van der Waals surface area contributed by atoms with Gasteiger partial charge in [-0.15, -0.1) is 0 Å². The lowest BCUT2D eigenvalue weighted by Crippen LogP contribution is -2.33. The molecule has 27 heavy (non-hydrogen) atoms. The maximum absolute atomic E-state index is 12.3. The number of oxazole rings is 1. The van der Waals surface area contributed by atoms with Crippen LogP contribution in [0.1, 0.15) is 11.7 Å². The van der Waals surface area contributed by atoms with E-state index in [1.54, 1.807) is 24.3 Å². The van der Waals surface area contributed by atoms with Crippen molar-refractivity contribution in [3.8, 4) is 0 Å². The van der Waals surface area contributed by atoms with E-state index in [1.165, 1.54) is 4.57 Å². The molecule has 1 heterocycles. The molecule has 1 aromatic heterocycles. The van der Waals surface area contributed by atoms with E-state index in [0.29, 0.717) is 11.1 Å². The number of hydrogen-bond acceptors (Lipinski definition) is 4. The number of hydrogen-bond donors (Lipinski definition) is 2. The molecule has 1 unspecified atom stereocenters. The Balaban J connectivity index is 1.47. The molecule has 2 N–H and O–H groups in total. The summed E-state index contributed by atoms with van der Waals surface area (Å²) in [6, 6.07) is 20.4. The van der Waals surface area contributed by atoms with Gasteiger partial charge in [0.25, 0.3) is 0 Å². The van der Waals surface area contributed by atoms with E-state index in [9.17, 15) is 14.7 Å². The molecule has 0 saturated carbocycles. The first kappa shape index (κ1) is 17.1. The summed E-state index contributed by atoms with van der Waals surface area (Å²) in [6.45, 7) is -0.116. The topological polar surface area (TPSA) is 84.5 Å². The minimum atomic E-state index is -0.849. The first-order valence-electron chi connectivity index (χ1n) is 8.64. The molecule has 4 aromatic rings. The first-order chi connectivity index (χ1) is 13.1. The lowest BCUT2D eigenvalue weighted by atomic mass is 10.0. The predicted molar refractivity (Wildman–Crippen MR) is 102 cm³/mol. The number of fused-ring (bicyclic) bond motifs is 2. The van der Waals surface area contributed by atoms with Gasteiger partial charge in [0, 0.05) is 6.54 Å². The van der Waals surface area contributed by atoms with Crippen molar-refractivity contribution in [2.24, 2.45) is 0 Å². The highest BCUT2D eigenvalue weighted by Crippen LogP contribution is 2.23. The maximum atomic E-state index is 12.3. The molecule has 1 amide bonds. The van der Waals surface area contributed by atoms with Crippen LogP contribution in [0.2, 0.25) is 0 Å². The molecule has 0 spiro atoms. The van der Waals surface area contributed by atoms with Crippen molar-refractivity contribution in [3.05, 3.63) is 82.8 Å². The summed E-state index contributed by atoms with van der Waals surface area (Å²) < 4.78 is 6.39. The van der Waals surface area contributed by atoms with Crippen LogP contribution < -0.4 is 11.1 Å². The van der Waals surface area contributed by atoms with Crippen molar-refractivity contribution in [1.29, 1.82) is 0 Å². The molecule has 1 atom stereocenters. The number of aliphatic hydroxyl groups is 1. The van der Waals surface area contributed by atoms with Crippen LogP contribution in [0.4, 0.5) is 0 Å². The van der Waals surface area contributed by atoms with Gasteiger partial charge in [-0.25, -0.2) is 4.79 Å². The highest BCUT2D eigenvalue weighted by atomic mass is 16.4. The molecule has 3 aromatic carbocycles. The van der Waals surface area contributed by atoms with E-state index < -0.39 is 11.9 Å². The van der Waals surface area contributed by atoms with Crippen LogP contribution in [0.25, 0.3) is 21.9 Å². The minimum absolute atomic E-state index is 0.0530.